The van der Waals surface area contributed by atoms with Gasteiger partial charge in [-0.05, 0) is 60.9 Å². The number of hydrogen-bond acceptors (Lipinski definition) is 5. The Morgan fingerprint density at radius 3 is 2.45 bits per heavy atom. The summed E-state index contributed by atoms with van der Waals surface area (Å²) in [5.74, 6) is -1.04. The first-order valence-electron chi connectivity index (χ1n) is 12.5. The topological polar surface area (TPSA) is 93.0 Å². The van der Waals surface area contributed by atoms with Crippen LogP contribution in [0.3, 0.4) is 0 Å². The van der Waals surface area contributed by atoms with Gasteiger partial charge < -0.3 is 5.32 Å². The van der Waals surface area contributed by atoms with Crippen molar-refractivity contribution < 1.29 is 22.8 Å². The SMILES string of the molecule is CC[C@@H](C(=O)NC1CCCCC1)N(C(=O)Cn1nnc(-c2ccc(Cl)cc2)n1)c1ccccc1C(F)(F)F. The summed E-state index contributed by atoms with van der Waals surface area (Å²) >= 11 is 5.92. The molecule has 202 valence electrons. The molecule has 1 aliphatic rings. The van der Waals surface area contributed by atoms with E-state index in [4.69, 9.17) is 11.6 Å². The fourth-order valence-electron chi connectivity index (χ4n) is 4.65. The molecule has 2 aromatic carbocycles. The van der Waals surface area contributed by atoms with Crippen molar-refractivity contribution in [3.8, 4) is 11.4 Å². The minimum absolute atomic E-state index is 0.0703. The largest absolute Gasteiger partial charge is 0.418 e. The number of tetrazole rings is 1. The zero-order chi connectivity index (χ0) is 27.3. The molecule has 3 aromatic rings. The molecule has 1 N–H and O–H groups in total. The monoisotopic (exact) mass is 548 g/mol. The van der Waals surface area contributed by atoms with E-state index >= 15 is 0 Å². The average Bonchev–Trinajstić information content (AvgIpc) is 3.36. The molecule has 0 bridgehead atoms. The Hall–Kier alpha value is -3.47. The number of amides is 2. The molecule has 38 heavy (non-hydrogen) atoms. The van der Waals surface area contributed by atoms with Gasteiger partial charge in [0, 0.05) is 16.6 Å². The summed E-state index contributed by atoms with van der Waals surface area (Å²) in [6, 6.07) is 10.2. The lowest BCUT2D eigenvalue weighted by atomic mass is 9.95. The molecule has 2 amide bonds. The van der Waals surface area contributed by atoms with Gasteiger partial charge in [0.15, 0.2) is 0 Å². The molecular formula is C26H28ClF3N6O2. The number of nitrogens with one attached hydrogen (secondary N) is 1. The number of carbonyl (C=O) groups excluding carboxylic acids is 2. The van der Waals surface area contributed by atoms with Gasteiger partial charge in [-0.2, -0.15) is 18.0 Å². The number of nitrogens with zero attached hydrogens (tertiary/aromatic N) is 5. The Morgan fingerprint density at radius 1 is 1.11 bits per heavy atom. The van der Waals surface area contributed by atoms with Gasteiger partial charge in [-0.15, -0.1) is 10.2 Å². The molecule has 1 heterocycles. The van der Waals surface area contributed by atoms with Crippen molar-refractivity contribution in [2.24, 2.45) is 0 Å². The van der Waals surface area contributed by atoms with E-state index in [0.29, 0.717) is 10.6 Å². The summed E-state index contributed by atoms with van der Waals surface area (Å²) in [4.78, 5) is 28.9. The molecule has 1 saturated carbocycles. The van der Waals surface area contributed by atoms with Crippen LogP contribution in [0.2, 0.25) is 5.02 Å². The molecule has 12 heteroatoms. The molecule has 1 fully saturated rings. The molecule has 1 atom stereocenters. The van der Waals surface area contributed by atoms with Crippen LogP contribution in [0.1, 0.15) is 51.0 Å². The Bertz CT molecular complexity index is 1260. The highest BCUT2D eigenvalue weighted by atomic mass is 35.5. The Labute approximate surface area is 223 Å². The third-order valence-electron chi connectivity index (χ3n) is 6.52. The van der Waals surface area contributed by atoms with Crippen molar-refractivity contribution in [3.05, 3.63) is 59.1 Å². The van der Waals surface area contributed by atoms with Crippen LogP contribution in [0.4, 0.5) is 18.9 Å². The normalized spacial score (nSPS) is 15.2. The lowest BCUT2D eigenvalue weighted by Gasteiger charge is -2.33. The number of alkyl halides is 3. The summed E-state index contributed by atoms with van der Waals surface area (Å²) in [5.41, 5.74) is -0.801. The van der Waals surface area contributed by atoms with Crippen LogP contribution in [-0.2, 0) is 22.3 Å². The van der Waals surface area contributed by atoms with Gasteiger partial charge in [-0.25, -0.2) is 0 Å². The number of halogens is 4. The van der Waals surface area contributed by atoms with Crippen molar-refractivity contribution >= 4 is 29.1 Å². The van der Waals surface area contributed by atoms with Crippen molar-refractivity contribution in [2.75, 3.05) is 4.90 Å². The fraction of sp³-hybridized carbons (Fsp3) is 0.423. The predicted octanol–water partition coefficient (Wildman–Crippen LogP) is 5.27. The van der Waals surface area contributed by atoms with Gasteiger partial charge in [0.25, 0.3) is 5.91 Å². The van der Waals surface area contributed by atoms with E-state index in [1.165, 1.54) is 18.2 Å². The summed E-state index contributed by atoms with van der Waals surface area (Å²) in [5, 5.41) is 15.5. The van der Waals surface area contributed by atoms with E-state index in [1.807, 2.05) is 0 Å². The van der Waals surface area contributed by atoms with E-state index in [9.17, 15) is 22.8 Å². The molecule has 8 nitrogen and oxygen atoms in total. The number of carbonyl (C=O) groups is 2. The van der Waals surface area contributed by atoms with Crippen LogP contribution < -0.4 is 10.2 Å². The van der Waals surface area contributed by atoms with Gasteiger partial charge in [0.2, 0.25) is 11.7 Å². The third-order valence-corrected chi connectivity index (χ3v) is 6.77. The fourth-order valence-corrected chi connectivity index (χ4v) is 4.78. The molecule has 1 aromatic heterocycles. The van der Waals surface area contributed by atoms with Crippen LogP contribution >= 0.6 is 11.6 Å². The first-order valence-corrected chi connectivity index (χ1v) is 12.9. The summed E-state index contributed by atoms with van der Waals surface area (Å²) in [6.07, 6.45) is -0.0183. The van der Waals surface area contributed by atoms with E-state index in [-0.39, 0.29) is 18.3 Å². The van der Waals surface area contributed by atoms with E-state index in [0.717, 1.165) is 47.9 Å². The molecule has 0 radical (unpaired) electrons. The van der Waals surface area contributed by atoms with Crippen LogP contribution in [0.25, 0.3) is 11.4 Å². The van der Waals surface area contributed by atoms with Crippen molar-refractivity contribution in [1.29, 1.82) is 0 Å². The second-order valence-electron chi connectivity index (χ2n) is 9.20. The highest BCUT2D eigenvalue weighted by molar-refractivity contribution is 6.30. The first-order chi connectivity index (χ1) is 18.2. The average molecular weight is 549 g/mol. The summed E-state index contributed by atoms with van der Waals surface area (Å²) in [7, 11) is 0. The quantitative estimate of drug-likeness (QED) is 0.414. The molecular weight excluding hydrogens is 521 g/mol. The van der Waals surface area contributed by atoms with Gasteiger partial charge in [0.05, 0.1) is 11.3 Å². The van der Waals surface area contributed by atoms with Crippen LogP contribution in [0.5, 0.6) is 0 Å². The molecule has 4 rings (SSSR count). The highest BCUT2D eigenvalue weighted by Gasteiger charge is 2.39. The molecule has 0 unspecified atom stereocenters. The minimum atomic E-state index is -4.74. The summed E-state index contributed by atoms with van der Waals surface area (Å²) in [6.45, 7) is 1.15. The van der Waals surface area contributed by atoms with Crippen LogP contribution in [0.15, 0.2) is 48.5 Å². The van der Waals surface area contributed by atoms with Gasteiger partial charge in [0.1, 0.15) is 12.6 Å². The number of rotatable bonds is 8. The smallest absolute Gasteiger partial charge is 0.352 e. The number of anilines is 1. The van der Waals surface area contributed by atoms with E-state index < -0.39 is 41.8 Å². The molecule has 1 aliphatic carbocycles. The Kier molecular flexibility index (Phi) is 8.65. The Balaban J connectivity index is 1.65. The second kappa shape index (κ2) is 11.9. The van der Waals surface area contributed by atoms with Crippen LogP contribution in [-0.4, -0.2) is 44.1 Å². The lowest BCUT2D eigenvalue weighted by Crippen LogP contribution is -2.53. The molecule has 0 aliphatic heterocycles. The zero-order valence-corrected chi connectivity index (χ0v) is 21.5. The molecule has 0 saturated heterocycles. The second-order valence-corrected chi connectivity index (χ2v) is 9.63. The van der Waals surface area contributed by atoms with Gasteiger partial charge >= 0.3 is 6.18 Å². The minimum Gasteiger partial charge on any atom is -0.352 e. The Morgan fingerprint density at radius 2 is 1.79 bits per heavy atom. The maximum atomic E-state index is 14.0. The number of hydrogen-bond donors (Lipinski definition) is 1. The van der Waals surface area contributed by atoms with E-state index in [1.54, 1.807) is 31.2 Å². The van der Waals surface area contributed by atoms with Crippen molar-refractivity contribution in [1.82, 2.24) is 25.5 Å². The van der Waals surface area contributed by atoms with E-state index in [2.05, 4.69) is 20.7 Å². The number of para-hydroxylation sites is 1. The van der Waals surface area contributed by atoms with Crippen LogP contribution in [0, 0.1) is 0 Å². The van der Waals surface area contributed by atoms with Crippen molar-refractivity contribution in [2.45, 2.75) is 70.3 Å². The molecule has 0 spiro atoms. The standard InChI is InChI=1S/C26H28ClF3N6O2/c1-2-21(25(38)31-19-8-4-3-5-9-19)36(22-11-7-6-10-20(22)26(28,29)30)23(37)16-35-33-24(32-34-35)17-12-14-18(27)15-13-17/h6-7,10-15,19,21H,2-5,8-9,16H2,1H3,(H,31,38)/t21-/m0/s1. The number of benzene rings is 2. The summed E-state index contributed by atoms with van der Waals surface area (Å²) < 4.78 is 41.9. The lowest BCUT2D eigenvalue weighted by molar-refractivity contribution is -0.137. The maximum Gasteiger partial charge on any atom is 0.418 e. The van der Waals surface area contributed by atoms with Crippen molar-refractivity contribution in [3.63, 3.8) is 0 Å². The van der Waals surface area contributed by atoms with Gasteiger partial charge in [-0.3, -0.25) is 14.5 Å². The number of aromatic nitrogens is 4. The zero-order valence-electron chi connectivity index (χ0n) is 20.8. The maximum absolute atomic E-state index is 14.0. The first kappa shape index (κ1) is 27.6. The third kappa shape index (κ3) is 6.50. The highest BCUT2D eigenvalue weighted by Crippen LogP contribution is 2.37. The van der Waals surface area contributed by atoms with Gasteiger partial charge in [-0.1, -0.05) is 49.9 Å². The predicted molar refractivity (Wildman–Crippen MR) is 136 cm³/mol.